The van der Waals surface area contributed by atoms with Crippen LogP contribution in [-0.4, -0.2) is 0 Å². The molecule has 0 heterocycles. The van der Waals surface area contributed by atoms with Gasteiger partial charge in [-0.3, -0.25) is 0 Å². The van der Waals surface area contributed by atoms with Gasteiger partial charge in [0.2, 0.25) is 0 Å². The van der Waals surface area contributed by atoms with Crippen molar-refractivity contribution in [2.75, 3.05) is 9.80 Å². The number of hydrogen-bond acceptors (Lipinski definition) is 2. The van der Waals surface area contributed by atoms with Crippen molar-refractivity contribution in [3.05, 3.63) is 192 Å². The van der Waals surface area contributed by atoms with Crippen molar-refractivity contribution >= 4 is 98.8 Å². The summed E-state index contributed by atoms with van der Waals surface area (Å²) in [6.07, 6.45) is 0. The first-order valence-electron chi connectivity index (χ1n) is 22.1. The summed E-state index contributed by atoms with van der Waals surface area (Å²) in [6.45, 7) is 18.4. The van der Waals surface area contributed by atoms with E-state index in [9.17, 15) is 0 Å². The Hall–Kier alpha value is -6.90. The Morgan fingerprint density at radius 1 is 0.274 bits per heavy atom. The van der Waals surface area contributed by atoms with E-state index in [4.69, 9.17) is 0 Å². The zero-order chi connectivity index (χ0) is 42.7. The van der Waals surface area contributed by atoms with Crippen molar-refractivity contribution in [3.63, 3.8) is 0 Å². The van der Waals surface area contributed by atoms with Gasteiger partial charge < -0.3 is 9.80 Å². The summed E-state index contributed by atoms with van der Waals surface area (Å²) in [4.78, 5) is 4.80. The Bertz CT molecular complexity index is 3220. The van der Waals surface area contributed by atoms with E-state index in [0.29, 0.717) is 0 Å². The van der Waals surface area contributed by atoms with Crippen LogP contribution in [0.15, 0.2) is 170 Å². The van der Waals surface area contributed by atoms with Crippen molar-refractivity contribution in [2.45, 2.75) is 66.2 Å². The minimum Gasteiger partial charge on any atom is -0.310 e. The number of benzene rings is 9. The zero-order valence-electron chi connectivity index (χ0n) is 37.1. The van der Waals surface area contributed by atoms with E-state index in [1.54, 1.807) is 0 Å². The molecule has 11 aromatic carbocycles. The molecule has 0 saturated carbocycles. The molecule has 0 aliphatic rings. The number of aryl methyl sites for hydroxylation is 2. The Morgan fingerprint density at radius 3 is 0.935 bits per heavy atom. The first-order valence-corrected chi connectivity index (χ1v) is 22.1. The highest BCUT2D eigenvalue weighted by molar-refractivity contribution is 6.48. The fraction of sp³-hybridized carbons (Fsp3) is 0.167. The third-order valence-corrected chi connectivity index (χ3v) is 13.3. The van der Waals surface area contributed by atoms with Crippen molar-refractivity contribution in [3.8, 4) is 0 Å². The molecule has 11 rings (SSSR count). The van der Waals surface area contributed by atoms with Crippen LogP contribution in [0.3, 0.4) is 0 Å². The van der Waals surface area contributed by atoms with E-state index in [1.165, 1.54) is 86.9 Å². The van der Waals surface area contributed by atoms with Crippen LogP contribution in [0.2, 0.25) is 0 Å². The molecule has 302 valence electrons. The third kappa shape index (κ3) is 5.99. The molecule has 0 unspecified atom stereocenters. The van der Waals surface area contributed by atoms with Gasteiger partial charge in [-0.2, -0.15) is 0 Å². The standard InChI is InChI=1S/C60H52N2/c1-37-19-23-43(24-20-37)61(41-15-11-9-12-16-41)45-27-29-47-49(35-45)51-31-39(59(3,4)5)33-54-56-48-30-28-46(62(42-17-13-10-14-18-42)44-25-21-38(2)22-26-44)36-50(48)52-32-40(60(6,7)8)34-53(58(52)56)55(47)57(51)54/h9-36H,1-8H3. The smallest absolute Gasteiger partial charge is 0.0468 e. The highest BCUT2D eigenvalue weighted by Crippen LogP contribution is 2.53. The molecule has 0 amide bonds. The summed E-state index contributed by atoms with van der Waals surface area (Å²) in [5, 5.41) is 16.0. The normalized spacial score (nSPS) is 12.5. The average molecular weight is 801 g/mol. The lowest BCUT2D eigenvalue weighted by atomic mass is 9.82. The molecule has 0 spiro atoms. The van der Waals surface area contributed by atoms with Crippen LogP contribution in [0.25, 0.3) is 64.6 Å². The Labute approximate surface area is 365 Å². The SMILES string of the molecule is Cc1ccc(N(c2ccccc2)c2ccc3c(c2)c2cc(C(C)(C)C)cc4c5c6ccc(N(c7ccccc7)c7ccc(C)cc7)cc6c6cc(C(C)(C)C)cc(c3c24)c65)cc1. The quantitative estimate of drug-likeness (QED) is 0.155. The topological polar surface area (TPSA) is 6.48 Å². The van der Waals surface area contributed by atoms with Crippen LogP contribution >= 0.6 is 0 Å². The molecule has 62 heavy (non-hydrogen) atoms. The van der Waals surface area contributed by atoms with Gasteiger partial charge in [0.1, 0.15) is 0 Å². The van der Waals surface area contributed by atoms with E-state index in [0.717, 1.165) is 34.1 Å². The molecule has 0 bridgehead atoms. The number of nitrogens with zero attached hydrogens (tertiary/aromatic N) is 2. The molecule has 0 N–H and O–H groups in total. The van der Waals surface area contributed by atoms with Crippen molar-refractivity contribution in [2.24, 2.45) is 0 Å². The maximum atomic E-state index is 2.53. The lowest BCUT2D eigenvalue weighted by Gasteiger charge is -2.26. The number of para-hydroxylation sites is 2. The van der Waals surface area contributed by atoms with E-state index in [1.807, 2.05) is 0 Å². The molecule has 0 aromatic heterocycles. The Kier molecular flexibility index (Phi) is 8.48. The third-order valence-electron chi connectivity index (χ3n) is 13.3. The Balaban J connectivity index is 1.26. The molecule has 2 nitrogen and oxygen atoms in total. The first kappa shape index (κ1) is 38.1. The summed E-state index contributed by atoms with van der Waals surface area (Å²) >= 11 is 0. The molecule has 0 aliphatic heterocycles. The van der Waals surface area contributed by atoms with Gasteiger partial charge in [-0.15, -0.1) is 0 Å². The summed E-state index contributed by atoms with van der Waals surface area (Å²) in [6, 6.07) is 63.9. The highest BCUT2D eigenvalue weighted by Gasteiger charge is 2.28. The van der Waals surface area contributed by atoms with Gasteiger partial charge in [-0.25, -0.2) is 0 Å². The van der Waals surface area contributed by atoms with E-state index in [-0.39, 0.29) is 10.8 Å². The predicted molar refractivity (Wildman–Crippen MR) is 270 cm³/mol. The monoisotopic (exact) mass is 800 g/mol. The molecular weight excluding hydrogens is 749 g/mol. The maximum absolute atomic E-state index is 2.53. The fourth-order valence-corrected chi connectivity index (χ4v) is 10.00. The van der Waals surface area contributed by atoms with E-state index < -0.39 is 0 Å². The summed E-state index contributed by atoms with van der Waals surface area (Å²) in [5.41, 5.74) is 12.0. The predicted octanol–water partition coefficient (Wildman–Crippen LogP) is 17.6. The zero-order valence-corrected chi connectivity index (χ0v) is 37.1. The largest absolute Gasteiger partial charge is 0.310 e. The molecule has 0 aliphatic carbocycles. The number of anilines is 6. The number of fused-ring (bicyclic) bond motifs is 8. The van der Waals surface area contributed by atoms with Crippen LogP contribution in [-0.2, 0) is 10.8 Å². The van der Waals surface area contributed by atoms with Gasteiger partial charge in [0.05, 0.1) is 0 Å². The highest BCUT2D eigenvalue weighted by atomic mass is 15.1. The summed E-state index contributed by atoms with van der Waals surface area (Å²) in [5.74, 6) is 0. The summed E-state index contributed by atoms with van der Waals surface area (Å²) in [7, 11) is 0. The minimum atomic E-state index is -0.0562. The molecule has 0 atom stereocenters. The lowest BCUT2D eigenvalue weighted by Crippen LogP contribution is -2.11. The van der Waals surface area contributed by atoms with Crippen LogP contribution in [0, 0.1) is 13.8 Å². The molecule has 0 fully saturated rings. The van der Waals surface area contributed by atoms with Crippen LogP contribution in [0.1, 0.15) is 63.8 Å². The number of rotatable bonds is 6. The maximum Gasteiger partial charge on any atom is 0.0468 e. The summed E-state index contributed by atoms with van der Waals surface area (Å²) < 4.78 is 0. The van der Waals surface area contributed by atoms with Crippen LogP contribution in [0.5, 0.6) is 0 Å². The van der Waals surface area contributed by atoms with Crippen molar-refractivity contribution < 1.29 is 0 Å². The van der Waals surface area contributed by atoms with Crippen LogP contribution < -0.4 is 9.80 Å². The van der Waals surface area contributed by atoms with E-state index in [2.05, 4.69) is 235 Å². The molecule has 0 radical (unpaired) electrons. The fourth-order valence-electron chi connectivity index (χ4n) is 10.00. The van der Waals surface area contributed by atoms with Gasteiger partial charge in [-0.05, 0) is 198 Å². The van der Waals surface area contributed by atoms with Gasteiger partial charge in [0, 0.05) is 34.1 Å². The molecule has 0 saturated heterocycles. The second-order valence-electron chi connectivity index (χ2n) is 19.6. The first-order chi connectivity index (χ1) is 29.8. The van der Waals surface area contributed by atoms with Gasteiger partial charge in [-0.1, -0.05) is 125 Å². The number of hydrogen-bond donors (Lipinski definition) is 0. The second kappa shape index (κ2) is 13.8. The van der Waals surface area contributed by atoms with Crippen molar-refractivity contribution in [1.82, 2.24) is 0 Å². The molecule has 2 heteroatoms. The van der Waals surface area contributed by atoms with Gasteiger partial charge >= 0.3 is 0 Å². The van der Waals surface area contributed by atoms with Gasteiger partial charge in [0.25, 0.3) is 0 Å². The lowest BCUT2D eigenvalue weighted by molar-refractivity contribution is 0.591. The second-order valence-corrected chi connectivity index (χ2v) is 19.6. The minimum absolute atomic E-state index is 0.0562. The average Bonchev–Trinajstić information content (AvgIpc) is 3.77. The van der Waals surface area contributed by atoms with Crippen LogP contribution in [0.4, 0.5) is 34.1 Å². The van der Waals surface area contributed by atoms with E-state index >= 15 is 0 Å². The Morgan fingerprint density at radius 2 is 0.581 bits per heavy atom. The van der Waals surface area contributed by atoms with Gasteiger partial charge in [0.15, 0.2) is 0 Å². The van der Waals surface area contributed by atoms with Crippen molar-refractivity contribution in [1.29, 1.82) is 0 Å². The molecule has 11 aromatic rings. The molecular formula is C60H52N2.